The predicted molar refractivity (Wildman–Crippen MR) is 76.0 cm³/mol. The second-order valence-electron chi connectivity index (χ2n) is 4.38. The van der Waals surface area contributed by atoms with Gasteiger partial charge in [-0.05, 0) is 37.9 Å². The van der Waals surface area contributed by atoms with Gasteiger partial charge in [-0.2, -0.15) is 0 Å². The number of thiazole rings is 1. The molecule has 0 unspecified atom stereocenters. The summed E-state index contributed by atoms with van der Waals surface area (Å²) in [7, 11) is 0. The Morgan fingerprint density at radius 3 is 3.06 bits per heavy atom. The van der Waals surface area contributed by atoms with Crippen molar-refractivity contribution in [3.05, 3.63) is 24.3 Å². The average Bonchev–Trinajstić information content (AvgIpc) is 3.07. The molecular weight excluding hydrogens is 248 g/mol. The van der Waals surface area contributed by atoms with Crippen molar-refractivity contribution in [3.8, 4) is 0 Å². The van der Waals surface area contributed by atoms with Crippen LogP contribution in [-0.2, 0) is 0 Å². The van der Waals surface area contributed by atoms with E-state index in [1.807, 2.05) is 11.8 Å². The summed E-state index contributed by atoms with van der Waals surface area (Å²) in [5.74, 6) is 1.17. The van der Waals surface area contributed by atoms with Crippen molar-refractivity contribution in [3.63, 3.8) is 0 Å². The lowest BCUT2D eigenvalue weighted by Crippen LogP contribution is -2.17. The van der Waals surface area contributed by atoms with Crippen LogP contribution in [0.2, 0.25) is 0 Å². The van der Waals surface area contributed by atoms with E-state index in [0.717, 1.165) is 18.1 Å². The fourth-order valence-electron chi connectivity index (χ4n) is 1.74. The maximum atomic E-state index is 4.62. The minimum absolute atomic E-state index is 0.836. The number of rotatable bonds is 6. The van der Waals surface area contributed by atoms with Gasteiger partial charge in [0.1, 0.15) is 0 Å². The fraction of sp³-hybridized carbons (Fsp3) is 0.462. The highest BCUT2D eigenvalue weighted by Crippen LogP contribution is 2.29. The van der Waals surface area contributed by atoms with Gasteiger partial charge in [-0.15, -0.1) is 11.3 Å². The molecule has 0 atom stereocenters. The van der Waals surface area contributed by atoms with Crippen LogP contribution in [0.15, 0.2) is 28.6 Å². The second-order valence-corrected chi connectivity index (χ2v) is 6.75. The monoisotopic (exact) mass is 264 g/mol. The van der Waals surface area contributed by atoms with Crippen LogP contribution in [0.3, 0.4) is 0 Å². The lowest BCUT2D eigenvalue weighted by molar-refractivity contribution is 0.674. The predicted octanol–water partition coefficient (Wildman–Crippen LogP) is 3.53. The number of benzene rings is 1. The lowest BCUT2D eigenvalue weighted by Gasteiger charge is -2.00. The van der Waals surface area contributed by atoms with Gasteiger partial charge in [-0.25, -0.2) is 4.98 Å². The minimum atomic E-state index is 0.836. The van der Waals surface area contributed by atoms with E-state index in [1.165, 1.54) is 34.1 Å². The lowest BCUT2D eigenvalue weighted by atomic mass is 10.3. The molecule has 0 spiro atoms. The van der Waals surface area contributed by atoms with E-state index in [-0.39, 0.29) is 0 Å². The van der Waals surface area contributed by atoms with Crippen LogP contribution < -0.4 is 5.32 Å². The summed E-state index contributed by atoms with van der Waals surface area (Å²) >= 11 is 3.69. The molecule has 1 aromatic heterocycles. The largest absolute Gasteiger partial charge is 0.314 e. The van der Waals surface area contributed by atoms with Gasteiger partial charge in [0, 0.05) is 11.8 Å². The molecule has 90 valence electrons. The highest BCUT2D eigenvalue weighted by molar-refractivity contribution is 8.01. The average molecular weight is 264 g/mol. The highest BCUT2D eigenvalue weighted by atomic mass is 32.2. The van der Waals surface area contributed by atoms with Crippen molar-refractivity contribution in [2.45, 2.75) is 29.6 Å². The number of thioether (sulfide) groups is 1. The van der Waals surface area contributed by atoms with Gasteiger partial charge in [0.25, 0.3) is 0 Å². The molecule has 0 aliphatic heterocycles. The molecular formula is C13H16N2S2. The first-order valence-corrected chi connectivity index (χ1v) is 7.94. The number of aromatic nitrogens is 1. The first-order chi connectivity index (χ1) is 8.42. The number of hydrogen-bond acceptors (Lipinski definition) is 4. The van der Waals surface area contributed by atoms with Gasteiger partial charge in [0.2, 0.25) is 0 Å². The number of nitrogens with zero attached hydrogens (tertiary/aromatic N) is 1. The Kier molecular flexibility index (Phi) is 3.64. The molecule has 1 heterocycles. The van der Waals surface area contributed by atoms with E-state index in [0.29, 0.717) is 0 Å². The number of hydrogen-bond donors (Lipinski definition) is 1. The van der Waals surface area contributed by atoms with Crippen molar-refractivity contribution in [1.82, 2.24) is 10.3 Å². The Balaban J connectivity index is 1.46. The van der Waals surface area contributed by atoms with Crippen molar-refractivity contribution < 1.29 is 0 Å². The Morgan fingerprint density at radius 2 is 2.24 bits per heavy atom. The number of fused-ring (bicyclic) bond motifs is 1. The van der Waals surface area contributed by atoms with Gasteiger partial charge in [-0.3, -0.25) is 0 Å². The number of para-hydroxylation sites is 1. The smallest absolute Gasteiger partial charge is 0.151 e. The second kappa shape index (κ2) is 5.38. The minimum Gasteiger partial charge on any atom is -0.314 e. The molecule has 0 amide bonds. The molecule has 1 N–H and O–H groups in total. The normalized spacial score (nSPS) is 15.5. The molecule has 1 aliphatic carbocycles. The zero-order valence-electron chi connectivity index (χ0n) is 9.69. The first-order valence-electron chi connectivity index (χ1n) is 6.13. The molecule has 4 heteroatoms. The van der Waals surface area contributed by atoms with Crippen LogP contribution in [0, 0.1) is 0 Å². The van der Waals surface area contributed by atoms with E-state index in [4.69, 9.17) is 0 Å². The van der Waals surface area contributed by atoms with Gasteiger partial charge in [0.15, 0.2) is 4.34 Å². The van der Waals surface area contributed by atoms with Crippen LogP contribution in [-0.4, -0.2) is 23.3 Å². The molecule has 1 saturated carbocycles. The number of nitrogens with one attached hydrogen (secondary N) is 1. The summed E-state index contributed by atoms with van der Waals surface area (Å²) in [5.41, 5.74) is 1.14. The summed E-state index contributed by atoms with van der Waals surface area (Å²) in [4.78, 5) is 4.62. The van der Waals surface area contributed by atoms with Crippen LogP contribution in [0.25, 0.3) is 10.2 Å². The van der Waals surface area contributed by atoms with Gasteiger partial charge < -0.3 is 5.32 Å². The molecule has 1 aromatic carbocycles. The SMILES string of the molecule is c1ccc2sc(SCCCNC3CC3)nc2c1. The molecule has 1 fully saturated rings. The van der Waals surface area contributed by atoms with Crippen molar-refractivity contribution in [1.29, 1.82) is 0 Å². The summed E-state index contributed by atoms with van der Waals surface area (Å²) in [6.45, 7) is 1.16. The van der Waals surface area contributed by atoms with E-state index in [9.17, 15) is 0 Å². The molecule has 0 saturated heterocycles. The maximum Gasteiger partial charge on any atom is 0.151 e. The van der Waals surface area contributed by atoms with Crippen LogP contribution in [0.1, 0.15) is 19.3 Å². The van der Waals surface area contributed by atoms with Crippen LogP contribution >= 0.6 is 23.1 Å². The third kappa shape index (κ3) is 3.21. The molecule has 0 bridgehead atoms. The standard InChI is InChI=1S/C13H16N2S2/c1-2-5-12-11(4-1)15-13(17-12)16-9-3-8-14-10-6-7-10/h1-2,4-5,10,14H,3,6-9H2. The molecule has 17 heavy (non-hydrogen) atoms. The summed E-state index contributed by atoms with van der Waals surface area (Å²) in [5, 5.41) is 3.54. The fourth-order valence-corrected chi connectivity index (χ4v) is 3.82. The quantitative estimate of drug-likeness (QED) is 0.638. The maximum absolute atomic E-state index is 4.62. The van der Waals surface area contributed by atoms with Crippen LogP contribution in [0.4, 0.5) is 0 Å². The summed E-state index contributed by atoms with van der Waals surface area (Å²) in [6, 6.07) is 9.20. The van der Waals surface area contributed by atoms with Gasteiger partial charge in [0.05, 0.1) is 10.2 Å². The molecule has 2 nitrogen and oxygen atoms in total. The van der Waals surface area contributed by atoms with Gasteiger partial charge in [-0.1, -0.05) is 23.9 Å². The topological polar surface area (TPSA) is 24.9 Å². The zero-order valence-corrected chi connectivity index (χ0v) is 11.3. The zero-order chi connectivity index (χ0) is 11.5. The summed E-state index contributed by atoms with van der Waals surface area (Å²) in [6.07, 6.45) is 3.99. The molecule has 0 radical (unpaired) electrons. The van der Waals surface area contributed by atoms with Crippen molar-refractivity contribution in [2.24, 2.45) is 0 Å². The van der Waals surface area contributed by atoms with E-state index >= 15 is 0 Å². The van der Waals surface area contributed by atoms with Crippen molar-refractivity contribution >= 4 is 33.3 Å². The van der Waals surface area contributed by atoms with E-state index in [1.54, 1.807) is 11.3 Å². The first kappa shape index (κ1) is 11.5. The Bertz CT molecular complexity index is 458. The van der Waals surface area contributed by atoms with E-state index in [2.05, 4.69) is 34.6 Å². The van der Waals surface area contributed by atoms with Crippen molar-refractivity contribution in [2.75, 3.05) is 12.3 Å². The molecule has 3 rings (SSSR count). The third-order valence-corrected chi connectivity index (χ3v) is 5.10. The Labute approximate surface area is 110 Å². The Morgan fingerprint density at radius 1 is 1.35 bits per heavy atom. The molecule has 2 aromatic rings. The highest BCUT2D eigenvalue weighted by Gasteiger charge is 2.19. The Hall–Kier alpha value is -0.580. The van der Waals surface area contributed by atoms with E-state index < -0.39 is 0 Å². The van der Waals surface area contributed by atoms with Crippen LogP contribution in [0.5, 0.6) is 0 Å². The molecule has 1 aliphatic rings. The summed E-state index contributed by atoms with van der Waals surface area (Å²) < 4.78 is 2.50. The van der Waals surface area contributed by atoms with Gasteiger partial charge >= 0.3 is 0 Å². The third-order valence-electron chi connectivity index (χ3n) is 2.83.